The molecule has 0 radical (unpaired) electrons. The van der Waals surface area contributed by atoms with Gasteiger partial charge in [-0.1, -0.05) is 26.1 Å². The van der Waals surface area contributed by atoms with Crippen molar-refractivity contribution in [3.8, 4) is 0 Å². The summed E-state index contributed by atoms with van der Waals surface area (Å²) in [7, 11) is 2.02. The van der Waals surface area contributed by atoms with E-state index in [2.05, 4.69) is 18.7 Å². The molecule has 0 aliphatic rings. The Kier molecular flexibility index (Phi) is 6.32. The van der Waals surface area contributed by atoms with Crippen LogP contribution in [-0.4, -0.2) is 41.2 Å². The second-order valence-electron chi connectivity index (χ2n) is 4.86. The smallest absolute Gasteiger partial charge is 0.0784 e. The summed E-state index contributed by atoms with van der Waals surface area (Å²) in [4.78, 5) is 2.73. The predicted molar refractivity (Wildman–Crippen MR) is 69.0 cm³/mol. The Hall–Kier alpha value is -0.190. The van der Waals surface area contributed by atoms with Crippen LogP contribution in [0.25, 0.3) is 0 Å². The summed E-state index contributed by atoms with van der Waals surface area (Å²) < 4.78 is 0. The van der Waals surface area contributed by atoms with Crippen LogP contribution in [0.4, 0.5) is 0 Å². The highest BCUT2D eigenvalue weighted by molar-refractivity contribution is 7.80. The third kappa shape index (κ3) is 5.44. The first-order valence-electron chi connectivity index (χ1n) is 5.42. The molecule has 3 nitrogen and oxygen atoms in total. The fourth-order valence-corrected chi connectivity index (χ4v) is 1.36. The minimum Gasteiger partial charge on any atom is -0.395 e. The normalized spacial score (nSPS) is 14.3. The van der Waals surface area contributed by atoms with Gasteiger partial charge in [0.1, 0.15) is 0 Å². The summed E-state index contributed by atoms with van der Waals surface area (Å²) in [5, 5.41) is 8.97. The molecule has 0 amide bonds. The number of hydrogen-bond donors (Lipinski definition) is 2. The van der Waals surface area contributed by atoms with E-state index >= 15 is 0 Å². The van der Waals surface area contributed by atoms with Crippen LogP contribution in [0.1, 0.15) is 33.6 Å². The molecule has 0 aromatic rings. The lowest BCUT2D eigenvalue weighted by Gasteiger charge is -2.26. The number of rotatable bonds is 7. The first-order chi connectivity index (χ1) is 6.81. The SMILES string of the molecule is CC(CO)N(C)CCCC(C)(C)C(N)=S. The van der Waals surface area contributed by atoms with E-state index in [4.69, 9.17) is 23.1 Å². The zero-order valence-corrected chi connectivity index (χ0v) is 11.1. The molecule has 1 unspecified atom stereocenters. The molecule has 0 aliphatic carbocycles. The number of hydrogen-bond acceptors (Lipinski definition) is 3. The van der Waals surface area contributed by atoms with Crippen LogP contribution in [0.15, 0.2) is 0 Å². The molecular weight excluding hydrogens is 208 g/mol. The second-order valence-corrected chi connectivity index (χ2v) is 5.30. The number of thiocarbonyl (C=S) groups is 1. The maximum absolute atomic E-state index is 8.97. The van der Waals surface area contributed by atoms with Crippen molar-refractivity contribution in [2.45, 2.75) is 39.7 Å². The van der Waals surface area contributed by atoms with Gasteiger partial charge in [-0.25, -0.2) is 0 Å². The number of aliphatic hydroxyl groups is 1. The number of nitrogens with zero attached hydrogens (tertiary/aromatic N) is 1. The molecule has 0 spiro atoms. The van der Waals surface area contributed by atoms with Crippen molar-refractivity contribution in [1.29, 1.82) is 0 Å². The van der Waals surface area contributed by atoms with Gasteiger partial charge in [-0.2, -0.15) is 0 Å². The molecule has 15 heavy (non-hydrogen) atoms. The molecule has 0 saturated carbocycles. The van der Waals surface area contributed by atoms with Gasteiger partial charge in [0.2, 0.25) is 0 Å². The zero-order chi connectivity index (χ0) is 12.1. The summed E-state index contributed by atoms with van der Waals surface area (Å²) in [6.45, 7) is 7.33. The van der Waals surface area contributed by atoms with E-state index in [9.17, 15) is 0 Å². The van der Waals surface area contributed by atoms with Gasteiger partial charge in [-0.15, -0.1) is 0 Å². The quantitative estimate of drug-likeness (QED) is 0.651. The van der Waals surface area contributed by atoms with Crippen molar-refractivity contribution in [1.82, 2.24) is 4.90 Å². The monoisotopic (exact) mass is 232 g/mol. The average Bonchev–Trinajstić information content (AvgIpc) is 2.15. The molecule has 0 aromatic heterocycles. The highest BCUT2D eigenvalue weighted by Crippen LogP contribution is 2.22. The van der Waals surface area contributed by atoms with Gasteiger partial charge in [0.25, 0.3) is 0 Å². The Labute approximate surface area is 98.6 Å². The topological polar surface area (TPSA) is 49.5 Å². The van der Waals surface area contributed by atoms with Gasteiger partial charge in [0, 0.05) is 11.5 Å². The van der Waals surface area contributed by atoms with E-state index in [1.165, 1.54) is 0 Å². The predicted octanol–water partition coefficient (Wildman–Crippen LogP) is 1.39. The maximum Gasteiger partial charge on any atom is 0.0784 e. The molecule has 0 fully saturated rings. The molecular formula is C11H24N2OS. The molecule has 3 N–H and O–H groups in total. The van der Waals surface area contributed by atoms with Crippen LogP contribution < -0.4 is 5.73 Å². The first-order valence-corrected chi connectivity index (χ1v) is 5.83. The largest absolute Gasteiger partial charge is 0.395 e. The molecule has 0 saturated heterocycles. The first kappa shape index (κ1) is 14.8. The van der Waals surface area contributed by atoms with Crippen LogP contribution in [0.2, 0.25) is 0 Å². The van der Waals surface area contributed by atoms with Gasteiger partial charge in [-0.3, -0.25) is 0 Å². The molecule has 0 rings (SSSR count). The van der Waals surface area contributed by atoms with E-state index in [1.54, 1.807) is 0 Å². The molecule has 4 heteroatoms. The van der Waals surface area contributed by atoms with E-state index in [-0.39, 0.29) is 18.1 Å². The van der Waals surface area contributed by atoms with Crippen LogP contribution in [0.5, 0.6) is 0 Å². The van der Waals surface area contributed by atoms with Crippen molar-refractivity contribution in [3.63, 3.8) is 0 Å². The summed E-state index contributed by atoms with van der Waals surface area (Å²) in [5.74, 6) is 0. The highest BCUT2D eigenvalue weighted by atomic mass is 32.1. The molecule has 1 atom stereocenters. The highest BCUT2D eigenvalue weighted by Gasteiger charge is 2.21. The summed E-state index contributed by atoms with van der Waals surface area (Å²) in [6.07, 6.45) is 2.04. The fraction of sp³-hybridized carbons (Fsp3) is 0.909. The van der Waals surface area contributed by atoms with Crippen molar-refractivity contribution in [2.24, 2.45) is 11.1 Å². The van der Waals surface area contributed by atoms with Gasteiger partial charge in [0.15, 0.2) is 0 Å². The number of likely N-dealkylation sites (N-methyl/N-ethyl adjacent to an activating group) is 1. The van der Waals surface area contributed by atoms with Crippen LogP contribution in [0.3, 0.4) is 0 Å². The van der Waals surface area contributed by atoms with Crippen LogP contribution in [0, 0.1) is 5.41 Å². The van der Waals surface area contributed by atoms with Crippen molar-refractivity contribution >= 4 is 17.2 Å². The van der Waals surface area contributed by atoms with E-state index in [1.807, 2.05) is 14.0 Å². The van der Waals surface area contributed by atoms with Gasteiger partial charge in [0.05, 0.1) is 11.6 Å². The third-order valence-electron chi connectivity index (χ3n) is 3.00. The molecule has 0 bridgehead atoms. The Morgan fingerprint density at radius 3 is 2.47 bits per heavy atom. The molecule has 0 heterocycles. The number of aliphatic hydroxyl groups excluding tert-OH is 1. The summed E-state index contributed by atoms with van der Waals surface area (Å²) in [6, 6.07) is 0.220. The standard InChI is InChI=1S/C11H24N2OS/c1-9(8-14)13(4)7-5-6-11(2,3)10(12)15/h9,14H,5-8H2,1-4H3,(H2,12,15). The second kappa shape index (κ2) is 6.40. The summed E-state index contributed by atoms with van der Waals surface area (Å²) in [5.41, 5.74) is 5.59. The van der Waals surface area contributed by atoms with Crippen LogP contribution in [-0.2, 0) is 0 Å². The fourth-order valence-electron chi connectivity index (χ4n) is 1.25. The zero-order valence-electron chi connectivity index (χ0n) is 10.3. The minimum atomic E-state index is -0.0569. The van der Waals surface area contributed by atoms with Crippen molar-refractivity contribution < 1.29 is 5.11 Å². The van der Waals surface area contributed by atoms with Gasteiger partial charge >= 0.3 is 0 Å². The van der Waals surface area contributed by atoms with E-state index < -0.39 is 0 Å². The lowest BCUT2D eigenvalue weighted by Crippen LogP contribution is -2.34. The average molecular weight is 232 g/mol. The van der Waals surface area contributed by atoms with Gasteiger partial charge < -0.3 is 15.7 Å². The van der Waals surface area contributed by atoms with Crippen molar-refractivity contribution in [3.05, 3.63) is 0 Å². The number of nitrogens with two attached hydrogens (primary N) is 1. The molecule has 0 aromatic carbocycles. The Bertz CT molecular complexity index is 207. The third-order valence-corrected chi connectivity index (χ3v) is 3.55. The van der Waals surface area contributed by atoms with Gasteiger partial charge in [-0.05, 0) is 33.4 Å². The Morgan fingerprint density at radius 2 is 2.07 bits per heavy atom. The lowest BCUT2D eigenvalue weighted by atomic mass is 9.88. The maximum atomic E-state index is 8.97. The summed E-state index contributed by atoms with van der Waals surface area (Å²) >= 11 is 5.01. The van der Waals surface area contributed by atoms with Crippen LogP contribution >= 0.6 is 12.2 Å². The molecule has 90 valence electrons. The Balaban J connectivity index is 3.84. The van der Waals surface area contributed by atoms with Crippen molar-refractivity contribution in [2.75, 3.05) is 20.2 Å². The lowest BCUT2D eigenvalue weighted by molar-refractivity contribution is 0.155. The van der Waals surface area contributed by atoms with E-state index in [0.29, 0.717) is 4.99 Å². The molecule has 0 aliphatic heterocycles. The van der Waals surface area contributed by atoms with E-state index in [0.717, 1.165) is 19.4 Å². The Morgan fingerprint density at radius 1 is 1.53 bits per heavy atom. The minimum absolute atomic E-state index is 0.0569.